The van der Waals surface area contributed by atoms with Crippen molar-refractivity contribution in [1.82, 2.24) is 4.90 Å². The Bertz CT molecular complexity index is 1380. The quantitative estimate of drug-likeness (QED) is 0.147. The van der Waals surface area contributed by atoms with Crippen molar-refractivity contribution in [2.75, 3.05) is 6.61 Å². The summed E-state index contributed by atoms with van der Waals surface area (Å²) in [6.45, 7) is 5.60. The number of ether oxygens (including phenoxy) is 4. The maximum Gasteiger partial charge on any atom is 0.410 e. The van der Waals surface area contributed by atoms with Gasteiger partial charge in [0.05, 0.1) is 38.5 Å². The van der Waals surface area contributed by atoms with E-state index in [0.29, 0.717) is 26.2 Å². The first-order valence-corrected chi connectivity index (χ1v) is 14.8. The molecule has 1 aliphatic heterocycles. The molecule has 0 unspecified atom stereocenters. The summed E-state index contributed by atoms with van der Waals surface area (Å²) in [5, 5.41) is 0. The molecule has 0 aromatic heterocycles. The SMILES string of the molecule is C=CC[C@@H]1[C@@H](OCc2ccccc2)[C@@H](OCc2ccccc2)[C@H](COCc2ccccc2)N1C(=O)OCc1ccccc1. The molecule has 1 aliphatic rings. The van der Waals surface area contributed by atoms with Crippen LogP contribution in [0.4, 0.5) is 4.79 Å². The van der Waals surface area contributed by atoms with Crippen LogP contribution in [0.1, 0.15) is 28.7 Å². The third-order valence-electron chi connectivity index (χ3n) is 7.59. The van der Waals surface area contributed by atoms with E-state index in [1.807, 2.05) is 127 Å². The second-order valence-corrected chi connectivity index (χ2v) is 10.6. The molecule has 4 atom stereocenters. The number of carbonyl (C=O) groups is 1. The molecule has 1 heterocycles. The highest BCUT2D eigenvalue weighted by Crippen LogP contribution is 2.35. The fraction of sp³-hybridized carbons (Fsp3) is 0.270. The third kappa shape index (κ3) is 8.42. The van der Waals surface area contributed by atoms with Gasteiger partial charge in [0.2, 0.25) is 0 Å². The fourth-order valence-electron chi connectivity index (χ4n) is 5.48. The van der Waals surface area contributed by atoms with Crippen LogP contribution in [-0.2, 0) is 45.4 Å². The zero-order valence-corrected chi connectivity index (χ0v) is 24.4. The first-order chi connectivity index (χ1) is 21.2. The molecule has 43 heavy (non-hydrogen) atoms. The minimum atomic E-state index is -0.464. The summed E-state index contributed by atoms with van der Waals surface area (Å²) >= 11 is 0. The van der Waals surface area contributed by atoms with E-state index < -0.39 is 24.3 Å². The Balaban J connectivity index is 1.42. The van der Waals surface area contributed by atoms with Gasteiger partial charge in [-0.2, -0.15) is 0 Å². The zero-order valence-electron chi connectivity index (χ0n) is 24.4. The van der Waals surface area contributed by atoms with Crippen molar-refractivity contribution >= 4 is 6.09 Å². The molecule has 5 rings (SSSR count). The average molecular weight is 578 g/mol. The molecule has 0 spiro atoms. The van der Waals surface area contributed by atoms with Gasteiger partial charge in [-0.15, -0.1) is 6.58 Å². The molecule has 1 amide bonds. The van der Waals surface area contributed by atoms with E-state index >= 15 is 0 Å². The molecule has 6 heteroatoms. The molecule has 6 nitrogen and oxygen atoms in total. The van der Waals surface area contributed by atoms with Crippen LogP contribution in [0.2, 0.25) is 0 Å². The van der Waals surface area contributed by atoms with Crippen molar-refractivity contribution in [3.8, 4) is 0 Å². The first-order valence-electron chi connectivity index (χ1n) is 14.8. The van der Waals surface area contributed by atoms with E-state index in [1.54, 1.807) is 4.90 Å². The Morgan fingerprint density at radius 3 is 1.49 bits per heavy atom. The number of hydrogen-bond donors (Lipinski definition) is 0. The normalized spacial score (nSPS) is 19.7. The maximum absolute atomic E-state index is 13.9. The number of hydrogen-bond acceptors (Lipinski definition) is 5. The van der Waals surface area contributed by atoms with Gasteiger partial charge in [-0.25, -0.2) is 4.79 Å². The highest BCUT2D eigenvalue weighted by atomic mass is 16.6. The number of likely N-dealkylation sites (tertiary alicyclic amines) is 1. The predicted octanol–water partition coefficient (Wildman–Crippen LogP) is 7.34. The lowest BCUT2D eigenvalue weighted by Crippen LogP contribution is -2.46. The monoisotopic (exact) mass is 577 g/mol. The van der Waals surface area contributed by atoms with Gasteiger partial charge in [0.25, 0.3) is 0 Å². The van der Waals surface area contributed by atoms with Crippen LogP contribution >= 0.6 is 0 Å². The number of amides is 1. The predicted molar refractivity (Wildman–Crippen MR) is 167 cm³/mol. The highest BCUT2D eigenvalue weighted by molar-refractivity contribution is 5.69. The zero-order chi connectivity index (χ0) is 29.7. The van der Waals surface area contributed by atoms with Crippen molar-refractivity contribution in [2.45, 2.75) is 57.1 Å². The van der Waals surface area contributed by atoms with Gasteiger partial charge in [-0.3, -0.25) is 4.90 Å². The van der Waals surface area contributed by atoms with Crippen LogP contribution in [0.15, 0.2) is 134 Å². The lowest BCUT2D eigenvalue weighted by Gasteiger charge is -2.30. The molecule has 4 aromatic carbocycles. The Kier molecular flexibility index (Phi) is 11.1. The Morgan fingerprint density at radius 1 is 0.605 bits per heavy atom. The highest BCUT2D eigenvalue weighted by Gasteiger charge is 2.52. The molecule has 4 aromatic rings. The number of carbonyl (C=O) groups excluding carboxylic acids is 1. The Labute approximate surface area is 254 Å². The second kappa shape index (κ2) is 15.8. The van der Waals surface area contributed by atoms with E-state index in [2.05, 4.69) is 6.58 Å². The van der Waals surface area contributed by atoms with E-state index in [-0.39, 0.29) is 19.3 Å². The topological polar surface area (TPSA) is 57.2 Å². The van der Waals surface area contributed by atoms with Gasteiger partial charge in [0.1, 0.15) is 18.8 Å². The maximum atomic E-state index is 13.9. The average Bonchev–Trinajstić information content (AvgIpc) is 3.35. The molecule has 0 radical (unpaired) electrons. The van der Waals surface area contributed by atoms with Crippen LogP contribution in [-0.4, -0.2) is 41.9 Å². The number of benzene rings is 4. The lowest BCUT2D eigenvalue weighted by molar-refractivity contribution is -0.0861. The molecule has 0 saturated carbocycles. The van der Waals surface area contributed by atoms with E-state index in [4.69, 9.17) is 18.9 Å². The van der Waals surface area contributed by atoms with Gasteiger partial charge in [0, 0.05) is 0 Å². The molecular formula is C37H39NO5. The van der Waals surface area contributed by atoms with E-state index in [9.17, 15) is 4.79 Å². The minimum absolute atomic E-state index is 0.166. The van der Waals surface area contributed by atoms with Crippen LogP contribution in [0.25, 0.3) is 0 Å². The van der Waals surface area contributed by atoms with Crippen LogP contribution < -0.4 is 0 Å². The van der Waals surface area contributed by atoms with E-state index in [1.165, 1.54) is 0 Å². The molecule has 0 aliphatic carbocycles. The van der Waals surface area contributed by atoms with Crippen molar-refractivity contribution in [2.24, 2.45) is 0 Å². The van der Waals surface area contributed by atoms with E-state index in [0.717, 1.165) is 22.3 Å². The fourth-order valence-corrected chi connectivity index (χ4v) is 5.48. The van der Waals surface area contributed by atoms with Gasteiger partial charge in [-0.05, 0) is 28.7 Å². The Morgan fingerprint density at radius 2 is 1.02 bits per heavy atom. The van der Waals surface area contributed by atoms with Gasteiger partial charge in [-0.1, -0.05) is 127 Å². The largest absolute Gasteiger partial charge is 0.445 e. The molecule has 0 N–H and O–H groups in total. The van der Waals surface area contributed by atoms with Crippen LogP contribution in [0.3, 0.4) is 0 Å². The van der Waals surface area contributed by atoms with Crippen molar-refractivity contribution in [3.05, 3.63) is 156 Å². The summed E-state index contributed by atoms with van der Waals surface area (Å²) in [7, 11) is 0. The van der Waals surface area contributed by atoms with Gasteiger partial charge in [0.15, 0.2) is 0 Å². The summed E-state index contributed by atoms with van der Waals surface area (Å²) < 4.78 is 25.4. The van der Waals surface area contributed by atoms with Gasteiger partial charge < -0.3 is 18.9 Å². The number of nitrogens with zero attached hydrogens (tertiary/aromatic N) is 1. The summed E-state index contributed by atoms with van der Waals surface area (Å²) in [4.78, 5) is 15.7. The molecule has 1 fully saturated rings. The van der Waals surface area contributed by atoms with Crippen molar-refractivity contribution in [1.29, 1.82) is 0 Å². The molecule has 0 bridgehead atoms. The molecule has 1 saturated heterocycles. The minimum Gasteiger partial charge on any atom is -0.445 e. The summed E-state index contributed by atoms with van der Waals surface area (Å²) in [5.41, 5.74) is 4.06. The van der Waals surface area contributed by atoms with Gasteiger partial charge >= 0.3 is 6.09 Å². The first kappa shape index (κ1) is 30.2. The number of rotatable bonds is 14. The summed E-state index contributed by atoms with van der Waals surface area (Å²) in [5.74, 6) is 0. The molecular weight excluding hydrogens is 538 g/mol. The Hall–Kier alpha value is -4.23. The third-order valence-corrected chi connectivity index (χ3v) is 7.59. The second-order valence-electron chi connectivity index (χ2n) is 10.6. The smallest absolute Gasteiger partial charge is 0.410 e. The molecule has 222 valence electrons. The van der Waals surface area contributed by atoms with Crippen LogP contribution in [0.5, 0.6) is 0 Å². The summed E-state index contributed by atoms with van der Waals surface area (Å²) in [6.07, 6.45) is 1.01. The van der Waals surface area contributed by atoms with Crippen molar-refractivity contribution in [3.63, 3.8) is 0 Å². The standard InChI is InChI=1S/C37H39NO5/c1-2-15-33-35(41-25-30-18-9-4-10-19-30)36(42-26-31-20-11-5-12-21-31)34(28-40-24-29-16-7-3-8-17-29)38(33)37(39)43-27-32-22-13-6-14-23-32/h2-14,16-23,33-36H,1,15,24-28H2/t33-,34+,35-,36+/m1/s1. The van der Waals surface area contributed by atoms with Crippen LogP contribution in [0, 0.1) is 0 Å². The summed E-state index contributed by atoms with van der Waals surface area (Å²) in [6, 6.07) is 38.9. The lowest BCUT2D eigenvalue weighted by atomic mass is 10.0. The van der Waals surface area contributed by atoms with Crippen molar-refractivity contribution < 1.29 is 23.7 Å².